The number of para-hydroxylation sites is 2. The van der Waals surface area contributed by atoms with E-state index in [4.69, 9.17) is 4.74 Å². The molecule has 0 spiro atoms. The van der Waals surface area contributed by atoms with E-state index in [0.29, 0.717) is 31.0 Å². The molecule has 2 rings (SSSR count). The molecule has 0 aromatic heterocycles. The van der Waals surface area contributed by atoms with Crippen molar-refractivity contribution in [3.63, 3.8) is 0 Å². The third kappa shape index (κ3) is 3.74. The minimum atomic E-state index is -0.551. The summed E-state index contributed by atoms with van der Waals surface area (Å²) in [4.78, 5) is 27.9. The Morgan fingerprint density at radius 2 is 1.68 bits per heavy atom. The molecule has 22 heavy (non-hydrogen) atoms. The van der Waals surface area contributed by atoms with Crippen molar-refractivity contribution in [1.29, 1.82) is 0 Å². The summed E-state index contributed by atoms with van der Waals surface area (Å²) < 4.78 is 5.45. The van der Waals surface area contributed by atoms with Gasteiger partial charge in [0, 0.05) is 19.5 Å². The van der Waals surface area contributed by atoms with Gasteiger partial charge in [0.15, 0.2) is 0 Å². The second kappa shape index (κ2) is 6.60. The van der Waals surface area contributed by atoms with Gasteiger partial charge >= 0.3 is 6.09 Å². The Bertz CT molecular complexity index is 569. The Hall–Kier alpha value is -1.69. The minimum absolute atomic E-state index is 0.0197. The van der Waals surface area contributed by atoms with Crippen LogP contribution in [0.5, 0.6) is 0 Å². The number of carbonyl (C=O) groups excluding carboxylic acids is 2. The number of rotatable bonds is 2. The molecule has 1 aromatic carbocycles. The summed E-state index contributed by atoms with van der Waals surface area (Å²) in [6.07, 6.45) is -0.00888. The molecule has 0 radical (unpaired) electrons. The van der Waals surface area contributed by atoms with Crippen LogP contribution in [-0.2, 0) is 9.53 Å². The van der Waals surface area contributed by atoms with Crippen LogP contribution < -0.4 is 9.80 Å². The monoisotopic (exact) mass is 322 g/mol. The van der Waals surface area contributed by atoms with Crippen LogP contribution in [-0.4, -0.2) is 36.4 Å². The molecule has 1 aliphatic rings. The first-order chi connectivity index (χ1) is 10.3. The molecule has 1 heterocycles. The van der Waals surface area contributed by atoms with Crippen molar-refractivity contribution < 1.29 is 14.3 Å². The van der Waals surface area contributed by atoms with E-state index in [1.54, 1.807) is 9.80 Å². The number of ether oxygens (including phenoxy) is 1. The number of benzene rings is 1. The summed E-state index contributed by atoms with van der Waals surface area (Å²) in [7, 11) is 0. The molecule has 0 aliphatic carbocycles. The maximum Gasteiger partial charge on any atom is 0.414 e. The number of hydrogen-bond donors (Lipinski definition) is 1. The molecule has 120 valence electrons. The summed E-state index contributed by atoms with van der Waals surface area (Å²) in [5, 5.41) is 0. The van der Waals surface area contributed by atoms with Crippen molar-refractivity contribution in [2.24, 2.45) is 0 Å². The fourth-order valence-electron chi connectivity index (χ4n) is 2.36. The molecule has 0 atom stereocenters. The molecule has 0 fully saturated rings. The first-order valence-electron chi connectivity index (χ1n) is 7.34. The Labute approximate surface area is 136 Å². The third-order valence-electron chi connectivity index (χ3n) is 3.25. The van der Waals surface area contributed by atoms with E-state index >= 15 is 0 Å². The average molecular weight is 322 g/mol. The lowest BCUT2D eigenvalue weighted by molar-refractivity contribution is -0.118. The second-order valence-electron chi connectivity index (χ2n) is 6.14. The normalized spacial score (nSPS) is 14.5. The highest BCUT2D eigenvalue weighted by atomic mass is 32.1. The van der Waals surface area contributed by atoms with Crippen LogP contribution in [0.25, 0.3) is 0 Å². The SMILES string of the molecule is CC(C)(C)OC(=O)N1CCN(C(=O)CCS)c2ccccc21. The number of amides is 2. The van der Waals surface area contributed by atoms with Gasteiger partial charge in [0.05, 0.1) is 11.4 Å². The summed E-state index contributed by atoms with van der Waals surface area (Å²) >= 11 is 4.11. The first-order valence-corrected chi connectivity index (χ1v) is 7.97. The van der Waals surface area contributed by atoms with Gasteiger partial charge in [-0.1, -0.05) is 12.1 Å². The van der Waals surface area contributed by atoms with Gasteiger partial charge in [0.2, 0.25) is 5.91 Å². The Morgan fingerprint density at radius 3 is 2.23 bits per heavy atom. The zero-order valence-electron chi connectivity index (χ0n) is 13.2. The lowest BCUT2D eigenvalue weighted by Gasteiger charge is -2.37. The number of fused-ring (bicyclic) bond motifs is 1. The van der Waals surface area contributed by atoms with Crippen molar-refractivity contribution in [2.75, 3.05) is 28.6 Å². The molecule has 0 unspecified atom stereocenters. The Morgan fingerprint density at radius 1 is 1.14 bits per heavy atom. The molecule has 0 N–H and O–H groups in total. The molecule has 0 bridgehead atoms. The molecule has 1 aromatic rings. The van der Waals surface area contributed by atoms with Gasteiger partial charge in [-0.05, 0) is 38.7 Å². The maximum absolute atomic E-state index is 12.4. The third-order valence-corrected chi connectivity index (χ3v) is 3.47. The van der Waals surface area contributed by atoms with E-state index in [0.717, 1.165) is 5.69 Å². The predicted octanol–water partition coefficient (Wildman–Crippen LogP) is 3.09. The van der Waals surface area contributed by atoms with Crippen LogP contribution in [0.3, 0.4) is 0 Å². The highest BCUT2D eigenvalue weighted by molar-refractivity contribution is 7.80. The van der Waals surface area contributed by atoms with Gasteiger partial charge in [-0.25, -0.2) is 4.79 Å². The largest absolute Gasteiger partial charge is 0.443 e. The van der Waals surface area contributed by atoms with Gasteiger partial charge in [-0.2, -0.15) is 12.6 Å². The lowest BCUT2D eigenvalue weighted by atomic mass is 10.1. The smallest absolute Gasteiger partial charge is 0.414 e. The quantitative estimate of drug-likeness (QED) is 0.851. The molecular weight excluding hydrogens is 300 g/mol. The van der Waals surface area contributed by atoms with E-state index in [-0.39, 0.29) is 12.0 Å². The van der Waals surface area contributed by atoms with Crippen LogP contribution in [0.4, 0.5) is 16.2 Å². The van der Waals surface area contributed by atoms with E-state index in [1.807, 2.05) is 45.0 Å². The number of thiol groups is 1. The average Bonchev–Trinajstić information content (AvgIpc) is 2.44. The van der Waals surface area contributed by atoms with E-state index in [9.17, 15) is 9.59 Å². The van der Waals surface area contributed by atoms with Crippen LogP contribution in [0.1, 0.15) is 27.2 Å². The molecule has 1 aliphatic heterocycles. The summed E-state index contributed by atoms with van der Waals surface area (Å²) in [6.45, 7) is 6.39. The minimum Gasteiger partial charge on any atom is -0.443 e. The first kappa shape index (κ1) is 16.7. The number of anilines is 2. The van der Waals surface area contributed by atoms with Crippen molar-refractivity contribution in [2.45, 2.75) is 32.8 Å². The van der Waals surface area contributed by atoms with E-state index < -0.39 is 5.60 Å². The standard InChI is InChI=1S/C16H22N2O3S/c1-16(2,3)21-15(20)18-10-9-17(14(19)8-11-22)12-6-4-5-7-13(12)18/h4-7,22H,8-11H2,1-3H3. The molecular formula is C16H22N2O3S. The number of carbonyl (C=O) groups is 2. The van der Waals surface area contributed by atoms with Crippen LogP contribution in [0.2, 0.25) is 0 Å². The van der Waals surface area contributed by atoms with Crippen molar-refractivity contribution in [1.82, 2.24) is 0 Å². The van der Waals surface area contributed by atoms with Gasteiger partial charge in [0.25, 0.3) is 0 Å². The highest BCUT2D eigenvalue weighted by Crippen LogP contribution is 2.34. The highest BCUT2D eigenvalue weighted by Gasteiger charge is 2.31. The van der Waals surface area contributed by atoms with E-state index in [1.165, 1.54) is 0 Å². The van der Waals surface area contributed by atoms with Crippen LogP contribution in [0, 0.1) is 0 Å². The zero-order valence-corrected chi connectivity index (χ0v) is 14.1. The predicted molar refractivity (Wildman–Crippen MR) is 90.8 cm³/mol. The molecule has 0 saturated carbocycles. The fourth-order valence-corrected chi connectivity index (χ4v) is 2.55. The fraction of sp³-hybridized carbons (Fsp3) is 0.500. The van der Waals surface area contributed by atoms with Gasteiger partial charge in [-0.15, -0.1) is 0 Å². The van der Waals surface area contributed by atoms with Crippen molar-refractivity contribution in [3.05, 3.63) is 24.3 Å². The lowest BCUT2D eigenvalue weighted by Crippen LogP contribution is -2.47. The molecule has 2 amide bonds. The number of hydrogen-bond acceptors (Lipinski definition) is 4. The Balaban J connectivity index is 2.28. The summed E-state index contributed by atoms with van der Waals surface area (Å²) in [5.41, 5.74) is 0.896. The second-order valence-corrected chi connectivity index (χ2v) is 6.59. The summed E-state index contributed by atoms with van der Waals surface area (Å²) in [5.74, 6) is 0.527. The van der Waals surface area contributed by atoms with Gasteiger partial charge in [-0.3, -0.25) is 9.69 Å². The van der Waals surface area contributed by atoms with Gasteiger partial charge < -0.3 is 9.64 Å². The number of nitrogens with zero attached hydrogens (tertiary/aromatic N) is 2. The topological polar surface area (TPSA) is 49.9 Å². The molecule has 5 nitrogen and oxygen atoms in total. The van der Waals surface area contributed by atoms with Crippen LogP contribution in [0.15, 0.2) is 24.3 Å². The molecule has 6 heteroatoms. The zero-order chi connectivity index (χ0) is 16.3. The van der Waals surface area contributed by atoms with Gasteiger partial charge in [0.1, 0.15) is 5.60 Å². The van der Waals surface area contributed by atoms with Crippen LogP contribution >= 0.6 is 12.6 Å². The van der Waals surface area contributed by atoms with E-state index in [2.05, 4.69) is 12.6 Å². The molecule has 0 saturated heterocycles. The Kier molecular flexibility index (Phi) is 5.01. The van der Waals surface area contributed by atoms with Crippen molar-refractivity contribution >= 4 is 36.0 Å². The van der Waals surface area contributed by atoms with Crippen molar-refractivity contribution in [3.8, 4) is 0 Å². The maximum atomic E-state index is 12.4. The summed E-state index contributed by atoms with van der Waals surface area (Å²) in [6, 6.07) is 7.39.